The van der Waals surface area contributed by atoms with Crippen LogP contribution in [0.15, 0.2) is 55.1 Å². The lowest BCUT2D eigenvalue weighted by Gasteiger charge is -2.10. The molecule has 0 bridgehead atoms. The van der Waals surface area contributed by atoms with E-state index in [9.17, 15) is 4.39 Å². The van der Waals surface area contributed by atoms with Crippen LogP contribution in [0.3, 0.4) is 0 Å². The van der Waals surface area contributed by atoms with E-state index in [-0.39, 0.29) is 5.82 Å². The topological polar surface area (TPSA) is 42.7 Å². The molecule has 1 aromatic heterocycles. The molecule has 3 aromatic rings. The smallest absolute Gasteiger partial charge is 0.124 e. The normalized spacial score (nSPS) is 10.6. The Kier molecular flexibility index (Phi) is 4.34. The molecule has 0 spiro atoms. The minimum absolute atomic E-state index is 0.329. The second kappa shape index (κ2) is 6.58. The van der Waals surface area contributed by atoms with Crippen LogP contribution in [0.5, 0.6) is 0 Å². The molecule has 0 aliphatic rings. The Morgan fingerprint density at radius 3 is 2.68 bits per heavy atom. The summed E-state index contributed by atoms with van der Waals surface area (Å²) in [4.78, 5) is 0. The van der Waals surface area contributed by atoms with Gasteiger partial charge in [-0.15, -0.1) is 10.2 Å². The Balaban J connectivity index is 1.67. The molecule has 112 valence electrons. The van der Waals surface area contributed by atoms with E-state index in [2.05, 4.69) is 21.6 Å². The summed E-state index contributed by atoms with van der Waals surface area (Å²) in [5, 5.41) is 11.3. The van der Waals surface area contributed by atoms with Crippen molar-refractivity contribution < 1.29 is 4.39 Å². The number of halogens is 2. The summed E-state index contributed by atoms with van der Waals surface area (Å²) in [5.41, 5.74) is 2.97. The molecule has 3 rings (SSSR count). The van der Waals surface area contributed by atoms with Crippen molar-refractivity contribution in [2.45, 2.75) is 13.1 Å². The predicted octanol–water partition coefficient (Wildman–Crippen LogP) is 3.73. The van der Waals surface area contributed by atoms with Gasteiger partial charge in [-0.1, -0.05) is 29.8 Å². The van der Waals surface area contributed by atoms with Gasteiger partial charge < -0.3 is 9.88 Å². The van der Waals surface area contributed by atoms with Crippen molar-refractivity contribution in [3.63, 3.8) is 0 Å². The van der Waals surface area contributed by atoms with Crippen molar-refractivity contribution in [2.75, 3.05) is 5.32 Å². The lowest BCUT2D eigenvalue weighted by atomic mass is 10.1. The molecule has 0 fully saturated rings. The van der Waals surface area contributed by atoms with E-state index in [4.69, 9.17) is 11.6 Å². The third-order valence-electron chi connectivity index (χ3n) is 3.26. The van der Waals surface area contributed by atoms with Crippen LogP contribution in [-0.2, 0) is 13.1 Å². The van der Waals surface area contributed by atoms with Gasteiger partial charge in [-0.2, -0.15) is 0 Å². The van der Waals surface area contributed by atoms with E-state index in [1.807, 2.05) is 22.8 Å². The fraction of sp³-hybridized carbons (Fsp3) is 0.125. The Bertz CT molecular complexity index is 759. The van der Waals surface area contributed by atoms with Crippen molar-refractivity contribution >= 4 is 17.3 Å². The second-order valence-electron chi connectivity index (χ2n) is 4.92. The average Bonchev–Trinajstić information content (AvgIpc) is 3.00. The van der Waals surface area contributed by atoms with Gasteiger partial charge in [-0.3, -0.25) is 0 Å². The molecule has 6 heteroatoms. The fourth-order valence-corrected chi connectivity index (χ4v) is 2.39. The molecular formula is C16H14ClFN4. The Morgan fingerprint density at radius 2 is 1.91 bits per heavy atom. The molecule has 22 heavy (non-hydrogen) atoms. The van der Waals surface area contributed by atoms with Crippen LogP contribution < -0.4 is 5.32 Å². The summed E-state index contributed by atoms with van der Waals surface area (Å²) in [7, 11) is 0. The van der Waals surface area contributed by atoms with Gasteiger partial charge in [0.05, 0.1) is 6.54 Å². The highest BCUT2D eigenvalue weighted by Crippen LogP contribution is 2.19. The lowest BCUT2D eigenvalue weighted by molar-refractivity contribution is 0.627. The zero-order chi connectivity index (χ0) is 15.4. The highest BCUT2D eigenvalue weighted by Gasteiger charge is 2.03. The average molecular weight is 317 g/mol. The van der Waals surface area contributed by atoms with Crippen LogP contribution in [0.25, 0.3) is 0 Å². The highest BCUT2D eigenvalue weighted by molar-refractivity contribution is 6.31. The van der Waals surface area contributed by atoms with Crippen LogP contribution in [0.1, 0.15) is 11.1 Å². The summed E-state index contributed by atoms with van der Waals surface area (Å²) < 4.78 is 14.9. The van der Waals surface area contributed by atoms with Gasteiger partial charge in [-0.25, -0.2) is 4.39 Å². The molecule has 4 nitrogen and oxygen atoms in total. The van der Waals surface area contributed by atoms with E-state index < -0.39 is 0 Å². The monoisotopic (exact) mass is 316 g/mol. The standard InChI is InChI=1S/C16H14ClFN4/c17-16-7-14(18)5-4-13(16)8-19-15-3-1-2-12(6-15)9-22-10-20-21-11-22/h1-7,10-11,19H,8-9H2. The number of anilines is 1. The van der Waals surface area contributed by atoms with Gasteiger partial charge in [0.2, 0.25) is 0 Å². The number of rotatable bonds is 5. The van der Waals surface area contributed by atoms with Gasteiger partial charge in [0.1, 0.15) is 18.5 Å². The number of aromatic nitrogens is 3. The molecular weight excluding hydrogens is 303 g/mol. The summed E-state index contributed by atoms with van der Waals surface area (Å²) in [6, 6.07) is 12.5. The van der Waals surface area contributed by atoms with E-state index >= 15 is 0 Å². The van der Waals surface area contributed by atoms with E-state index in [1.54, 1.807) is 18.7 Å². The van der Waals surface area contributed by atoms with E-state index in [0.29, 0.717) is 18.1 Å². The Morgan fingerprint density at radius 1 is 1.09 bits per heavy atom. The SMILES string of the molecule is Fc1ccc(CNc2cccc(Cn3cnnc3)c2)c(Cl)c1. The van der Waals surface area contributed by atoms with Gasteiger partial charge in [0.25, 0.3) is 0 Å². The summed E-state index contributed by atoms with van der Waals surface area (Å²) in [5.74, 6) is -0.329. The van der Waals surface area contributed by atoms with Crippen LogP contribution in [0.4, 0.5) is 10.1 Å². The Labute approximate surface area is 132 Å². The van der Waals surface area contributed by atoms with Crippen LogP contribution in [0.2, 0.25) is 5.02 Å². The first kappa shape index (κ1) is 14.5. The quantitative estimate of drug-likeness (QED) is 0.780. The van der Waals surface area contributed by atoms with E-state index in [0.717, 1.165) is 16.8 Å². The minimum Gasteiger partial charge on any atom is -0.381 e. The molecule has 0 saturated carbocycles. The van der Waals surface area contributed by atoms with Crippen LogP contribution >= 0.6 is 11.6 Å². The molecule has 0 atom stereocenters. The first-order chi connectivity index (χ1) is 10.7. The molecule has 0 saturated heterocycles. The van der Waals surface area contributed by atoms with Crippen LogP contribution in [0, 0.1) is 5.82 Å². The van der Waals surface area contributed by atoms with Crippen molar-refractivity contribution in [3.8, 4) is 0 Å². The number of nitrogens with zero attached hydrogens (tertiary/aromatic N) is 3. The van der Waals surface area contributed by atoms with Crippen LogP contribution in [-0.4, -0.2) is 14.8 Å². The van der Waals surface area contributed by atoms with Gasteiger partial charge in [-0.05, 0) is 35.4 Å². The highest BCUT2D eigenvalue weighted by atomic mass is 35.5. The second-order valence-corrected chi connectivity index (χ2v) is 5.33. The Hall–Kier alpha value is -2.40. The number of hydrogen-bond donors (Lipinski definition) is 1. The molecule has 0 aliphatic carbocycles. The number of hydrogen-bond acceptors (Lipinski definition) is 3. The number of benzene rings is 2. The zero-order valence-electron chi connectivity index (χ0n) is 11.7. The summed E-state index contributed by atoms with van der Waals surface area (Å²) in [6.45, 7) is 1.25. The summed E-state index contributed by atoms with van der Waals surface area (Å²) in [6.07, 6.45) is 3.36. The van der Waals surface area contributed by atoms with Gasteiger partial charge in [0.15, 0.2) is 0 Å². The predicted molar refractivity (Wildman–Crippen MR) is 84.3 cm³/mol. The largest absolute Gasteiger partial charge is 0.381 e. The molecule has 0 unspecified atom stereocenters. The van der Waals surface area contributed by atoms with E-state index in [1.165, 1.54) is 12.1 Å². The first-order valence-electron chi connectivity index (χ1n) is 6.80. The molecule has 1 heterocycles. The zero-order valence-corrected chi connectivity index (χ0v) is 12.5. The van der Waals surface area contributed by atoms with Crippen molar-refractivity contribution in [1.82, 2.24) is 14.8 Å². The fourth-order valence-electron chi connectivity index (χ4n) is 2.16. The molecule has 1 N–H and O–H groups in total. The third-order valence-corrected chi connectivity index (χ3v) is 3.61. The third kappa shape index (κ3) is 3.62. The minimum atomic E-state index is -0.329. The molecule has 2 aromatic carbocycles. The summed E-state index contributed by atoms with van der Waals surface area (Å²) >= 11 is 6.02. The van der Waals surface area contributed by atoms with Gasteiger partial charge in [0, 0.05) is 17.3 Å². The van der Waals surface area contributed by atoms with Gasteiger partial charge >= 0.3 is 0 Å². The number of nitrogens with one attached hydrogen (secondary N) is 1. The molecule has 0 aliphatic heterocycles. The molecule has 0 amide bonds. The van der Waals surface area contributed by atoms with Crippen molar-refractivity contribution in [2.24, 2.45) is 0 Å². The maximum atomic E-state index is 13.0. The maximum absolute atomic E-state index is 13.0. The van der Waals surface area contributed by atoms with Crippen molar-refractivity contribution in [3.05, 3.63) is 77.1 Å². The lowest BCUT2D eigenvalue weighted by Crippen LogP contribution is -2.02. The molecule has 0 radical (unpaired) electrons. The van der Waals surface area contributed by atoms with Crippen molar-refractivity contribution in [1.29, 1.82) is 0 Å². The first-order valence-corrected chi connectivity index (χ1v) is 7.18. The maximum Gasteiger partial charge on any atom is 0.124 e.